The minimum absolute atomic E-state index is 0.150. The molecule has 0 radical (unpaired) electrons. The predicted octanol–water partition coefficient (Wildman–Crippen LogP) is 3.02. The highest BCUT2D eigenvalue weighted by Gasteiger charge is 2.36. The smallest absolute Gasteiger partial charge is 0.417 e. The molecule has 0 aromatic heterocycles. The molecule has 0 unspecified atom stereocenters. The summed E-state index contributed by atoms with van der Waals surface area (Å²) in [6.45, 7) is 2.94. The number of carboxylic acid groups (broad SMARTS) is 1. The van der Waals surface area contributed by atoms with E-state index in [9.17, 15) is 18.0 Å². The molecule has 1 N–H and O–H groups in total. The fourth-order valence-corrected chi connectivity index (χ4v) is 1.33. The lowest BCUT2D eigenvalue weighted by atomic mass is 9.97. The molecule has 1 aromatic rings. The molecule has 0 aliphatic carbocycles. The van der Waals surface area contributed by atoms with E-state index in [2.05, 4.69) is 0 Å². The van der Waals surface area contributed by atoms with Crippen LogP contribution in [0.3, 0.4) is 0 Å². The highest BCUT2D eigenvalue weighted by Crippen LogP contribution is 2.34. The zero-order valence-corrected chi connectivity index (χ0v) is 8.14. The molecule has 2 nitrogen and oxygen atoms in total. The third kappa shape index (κ3) is 2.11. The summed E-state index contributed by atoms with van der Waals surface area (Å²) in [7, 11) is 0. The molecule has 82 valence electrons. The number of benzene rings is 1. The Balaban J connectivity index is 3.55. The number of halogens is 3. The molecule has 0 saturated heterocycles. The first-order valence-corrected chi connectivity index (χ1v) is 4.16. The maximum Gasteiger partial charge on any atom is 0.417 e. The van der Waals surface area contributed by atoms with Crippen molar-refractivity contribution in [2.45, 2.75) is 20.0 Å². The van der Waals surface area contributed by atoms with Crippen LogP contribution in [0.15, 0.2) is 12.1 Å². The lowest BCUT2D eigenvalue weighted by Gasteiger charge is -2.13. The van der Waals surface area contributed by atoms with Crippen LogP contribution in [0, 0.1) is 13.8 Å². The summed E-state index contributed by atoms with van der Waals surface area (Å²) in [5.41, 5.74) is -1.08. The molecule has 1 rings (SSSR count). The van der Waals surface area contributed by atoms with Crippen LogP contribution in [0.2, 0.25) is 0 Å². The molecule has 0 heterocycles. The predicted molar refractivity (Wildman–Crippen MR) is 47.9 cm³/mol. The van der Waals surface area contributed by atoms with Crippen molar-refractivity contribution in [3.05, 3.63) is 34.4 Å². The van der Waals surface area contributed by atoms with Crippen molar-refractivity contribution in [1.29, 1.82) is 0 Å². The van der Waals surface area contributed by atoms with Crippen molar-refractivity contribution in [1.82, 2.24) is 0 Å². The molecule has 1 aromatic carbocycles. The number of aryl methyl sites for hydroxylation is 1. The van der Waals surface area contributed by atoms with E-state index in [1.54, 1.807) is 6.92 Å². The van der Waals surface area contributed by atoms with Crippen molar-refractivity contribution in [3.8, 4) is 0 Å². The SMILES string of the molecule is Cc1ccc(C(F)(F)F)c(C(=O)O)c1C. The summed E-state index contributed by atoms with van der Waals surface area (Å²) in [4.78, 5) is 10.7. The fourth-order valence-electron chi connectivity index (χ4n) is 1.33. The van der Waals surface area contributed by atoms with Gasteiger partial charge in [0, 0.05) is 0 Å². The minimum atomic E-state index is -4.63. The van der Waals surface area contributed by atoms with Gasteiger partial charge in [-0.05, 0) is 31.0 Å². The van der Waals surface area contributed by atoms with Gasteiger partial charge in [0.1, 0.15) is 0 Å². The van der Waals surface area contributed by atoms with Crippen molar-refractivity contribution in [2.75, 3.05) is 0 Å². The Labute approximate surface area is 84.3 Å². The van der Waals surface area contributed by atoms with E-state index in [4.69, 9.17) is 5.11 Å². The maximum absolute atomic E-state index is 12.5. The van der Waals surface area contributed by atoms with Crippen LogP contribution in [0.25, 0.3) is 0 Å². The highest BCUT2D eigenvalue weighted by molar-refractivity contribution is 5.91. The van der Waals surface area contributed by atoms with Gasteiger partial charge in [-0.2, -0.15) is 13.2 Å². The van der Waals surface area contributed by atoms with Gasteiger partial charge in [0.2, 0.25) is 0 Å². The topological polar surface area (TPSA) is 37.3 Å². The van der Waals surface area contributed by atoms with Crippen LogP contribution in [0.4, 0.5) is 13.2 Å². The molecule has 0 bridgehead atoms. The average Bonchev–Trinajstić information content (AvgIpc) is 2.06. The van der Waals surface area contributed by atoms with Crippen LogP contribution in [0.5, 0.6) is 0 Å². The van der Waals surface area contributed by atoms with Gasteiger partial charge in [0.05, 0.1) is 11.1 Å². The Hall–Kier alpha value is -1.52. The summed E-state index contributed by atoms with van der Waals surface area (Å²) < 4.78 is 37.4. The second-order valence-corrected chi connectivity index (χ2v) is 3.23. The Morgan fingerprint density at radius 3 is 2.20 bits per heavy atom. The third-order valence-corrected chi connectivity index (χ3v) is 2.26. The Kier molecular flexibility index (Phi) is 2.75. The monoisotopic (exact) mass is 218 g/mol. The number of alkyl halides is 3. The average molecular weight is 218 g/mol. The van der Waals surface area contributed by atoms with Crippen molar-refractivity contribution >= 4 is 5.97 Å². The summed E-state index contributed by atoms with van der Waals surface area (Å²) in [6.07, 6.45) is -4.63. The zero-order chi connectivity index (χ0) is 11.8. The van der Waals surface area contributed by atoms with Gasteiger partial charge in [-0.3, -0.25) is 0 Å². The fraction of sp³-hybridized carbons (Fsp3) is 0.300. The van der Waals surface area contributed by atoms with Crippen LogP contribution in [-0.4, -0.2) is 11.1 Å². The molecule has 5 heteroatoms. The van der Waals surface area contributed by atoms with Gasteiger partial charge < -0.3 is 5.11 Å². The number of rotatable bonds is 1. The summed E-state index contributed by atoms with van der Waals surface area (Å²) in [5.74, 6) is -1.55. The van der Waals surface area contributed by atoms with Crippen LogP contribution in [0.1, 0.15) is 27.0 Å². The molecule has 0 saturated carbocycles. The summed E-state index contributed by atoms with van der Waals surface area (Å²) >= 11 is 0. The zero-order valence-electron chi connectivity index (χ0n) is 8.14. The molecule has 0 atom stereocenters. The number of carbonyl (C=O) groups is 1. The quantitative estimate of drug-likeness (QED) is 0.786. The Morgan fingerprint density at radius 1 is 1.27 bits per heavy atom. The number of carboxylic acids is 1. The van der Waals surface area contributed by atoms with E-state index < -0.39 is 23.3 Å². The van der Waals surface area contributed by atoms with Crippen molar-refractivity contribution in [3.63, 3.8) is 0 Å². The summed E-state index contributed by atoms with van der Waals surface area (Å²) in [6, 6.07) is 2.07. The molecule has 0 aliphatic heterocycles. The van der Waals surface area contributed by atoms with E-state index in [-0.39, 0.29) is 5.56 Å². The van der Waals surface area contributed by atoms with Gasteiger partial charge in [0.25, 0.3) is 0 Å². The standard InChI is InChI=1S/C10H9F3O2/c1-5-3-4-7(10(11,12)13)8(6(5)2)9(14)15/h3-4H,1-2H3,(H,14,15). The Bertz CT molecular complexity index is 408. The van der Waals surface area contributed by atoms with E-state index >= 15 is 0 Å². The normalized spacial score (nSPS) is 11.5. The van der Waals surface area contributed by atoms with Gasteiger partial charge in [-0.25, -0.2) is 4.79 Å². The van der Waals surface area contributed by atoms with E-state index in [0.29, 0.717) is 5.56 Å². The van der Waals surface area contributed by atoms with Gasteiger partial charge >= 0.3 is 12.1 Å². The molecule has 0 aliphatic rings. The van der Waals surface area contributed by atoms with Crippen LogP contribution < -0.4 is 0 Å². The largest absolute Gasteiger partial charge is 0.478 e. The number of hydrogen-bond acceptors (Lipinski definition) is 1. The molecule has 0 amide bonds. The molecular formula is C10H9F3O2. The van der Waals surface area contributed by atoms with Crippen molar-refractivity contribution < 1.29 is 23.1 Å². The molecule has 0 spiro atoms. The van der Waals surface area contributed by atoms with E-state index in [1.165, 1.54) is 13.0 Å². The van der Waals surface area contributed by atoms with Gasteiger partial charge in [-0.15, -0.1) is 0 Å². The first-order valence-electron chi connectivity index (χ1n) is 4.16. The molecule has 15 heavy (non-hydrogen) atoms. The third-order valence-electron chi connectivity index (χ3n) is 2.26. The lowest BCUT2D eigenvalue weighted by Crippen LogP contribution is -2.15. The van der Waals surface area contributed by atoms with E-state index in [1.807, 2.05) is 0 Å². The van der Waals surface area contributed by atoms with Gasteiger partial charge in [0.15, 0.2) is 0 Å². The van der Waals surface area contributed by atoms with Crippen LogP contribution in [-0.2, 0) is 6.18 Å². The van der Waals surface area contributed by atoms with Gasteiger partial charge in [-0.1, -0.05) is 6.07 Å². The maximum atomic E-state index is 12.5. The second-order valence-electron chi connectivity index (χ2n) is 3.23. The number of hydrogen-bond donors (Lipinski definition) is 1. The summed E-state index contributed by atoms with van der Waals surface area (Å²) in [5, 5.41) is 8.73. The van der Waals surface area contributed by atoms with Crippen LogP contribution >= 0.6 is 0 Å². The van der Waals surface area contributed by atoms with Crippen molar-refractivity contribution in [2.24, 2.45) is 0 Å². The molecule has 0 fully saturated rings. The Morgan fingerprint density at radius 2 is 1.80 bits per heavy atom. The molecular weight excluding hydrogens is 209 g/mol. The first kappa shape index (κ1) is 11.6. The second kappa shape index (κ2) is 3.56. The highest BCUT2D eigenvalue weighted by atomic mass is 19.4. The van der Waals surface area contributed by atoms with E-state index in [0.717, 1.165) is 6.07 Å². The first-order chi connectivity index (χ1) is 6.75. The lowest BCUT2D eigenvalue weighted by molar-refractivity contribution is -0.138. The minimum Gasteiger partial charge on any atom is -0.478 e. The number of aromatic carboxylic acids is 1.